The van der Waals surface area contributed by atoms with Crippen LogP contribution in [-0.2, 0) is 4.79 Å². The van der Waals surface area contributed by atoms with Gasteiger partial charge in [0.2, 0.25) is 5.91 Å². The highest BCUT2D eigenvalue weighted by Gasteiger charge is 2.30. The van der Waals surface area contributed by atoms with Gasteiger partial charge >= 0.3 is 0 Å². The molecule has 1 heterocycles. The Bertz CT molecular complexity index is 593. The Morgan fingerprint density at radius 2 is 2.18 bits per heavy atom. The van der Waals surface area contributed by atoms with Crippen LogP contribution in [0.3, 0.4) is 0 Å². The highest BCUT2D eigenvalue weighted by molar-refractivity contribution is 5.96. The second-order valence-corrected chi connectivity index (χ2v) is 4.29. The fourth-order valence-electron chi connectivity index (χ4n) is 1.81. The zero-order valence-electron chi connectivity index (χ0n) is 9.11. The van der Waals surface area contributed by atoms with Gasteiger partial charge in [-0.25, -0.2) is 4.39 Å². The highest BCUT2D eigenvalue weighted by atomic mass is 19.1. The normalized spacial score (nSPS) is 14.9. The quantitative estimate of drug-likeness (QED) is 0.861. The molecule has 1 aliphatic rings. The van der Waals surface area contributed by atoms with Gasteiger partial charge in [-0.3, -0.25) is 9.78 Å². The highest BCUT2D eigenvalue weighted by Crippen LogP contribution is 2.31. The molecular weight excluding hydrogens is 219 g/mol. The van der Waals surface area contributed by atoms with Gasteiger partial charge in [0.1, 0.15) is 0 Å². The first-order valence-corrected chi connectivity index (χ1v) is 5.59. The SMILES string of the molecule is O=C(Nc1ccc2cnccc2c1F)C1CC1. The van der Waals surface area contributed by atoms with E-state index in [9.17, 15) is 9.18 Å². The molecule has 0 aliphatic heterocycles. The Kier molecular flexibility index (Phi) is 2.28. The van der Waals surface area contributed by atoms with Crippen LogP contribution in [0.2, 0.25) is 0 Å². The van der Waals surface area contributed by atoms with Gasteiger partial charge in [0.15, 0.2) is 5.82 Å². The molecular formula is C13H11FN2O. The molecule has 3 nitrogen and oxygen atoms in total. The lowest BCUT2D eigenvalue weighted by Gasteiger charge is -2.07. The second-order valence-electron chi connectivity index (χ2n) is 4.29. The number of nitrogens with zero attached hydrogens (tertiary/aromatic N) is 1. The molecule has 0 bridgehead atoms. The van der Waals surface area contributed by atoms with Crippen molar-refractivity contribution in [2.24, 2.45) is 5.92 Å². The van der Waals surface area contributed by atoms with Crippen LogP contribution in [0, 0.1) is 11.7 Å². The molecule has 0 spiro atoms. The van der Waals surface area contributed by atoms with Gasteiger partial charge in [0, 0.05) is 29.1 Å². The molecule has 0 saturated heterocycles. The van der Waals surface area contributed by atoms with Crippen molar-refractivity contribution in [1.29, 1.82) is 0 Å². The van der Waals surface area contributed by atoms with E-state index in [2.05, 4.69) is 10.3 Å². The summed E-state index contributed by atoms with van der Waals surface area (Å²) >= 11 is 0. The summed E-state index contributed by atoms with van der Waals surface area (Å²) < 4.78 is 14.1. The van der Waals surface area contributed by atoms with Crippen molar-refractivity contribution in [2.75, 3.05) is 5.32 Å². The molecule has 1 amide bonds. The van der Waals surface area contributed by atoms with E-state index in [1.54, 1.807) is 24.4 Å². The smallest absolute Gasteiger partial charge is 0.227 e. The molecule has 17 heavy (non-hydrogen) atoms. The second kappa shape index (κ2) is 3.80. The van der Waals surface area contributed by atoms with E-state index >= 15 is 0 Å². The molecule has 2 aromatic rings. The van der Waals surface area contributed by atoms with Gasteiger partial charge in [0.05, 0.1) is 5.69 Å². The van der Waals surface area contributed by atoms with Crippen LogP contribution >= 0.6 is 0 Å². The minimum Gasteiger partial charge on any atom is -0.323 e. The molecule has 0 unspecified atom stereocenters. The number of hydrogen-bond acceptors (Lipinski definition) is 2. The van der Waals surface area contributed by atoms with Crippen molar-refractivity contribution < 1.29 is 9.18 Å². The monoisotopic (exact) mass is 230 g/mol. The number of hydrogen-bond donors (Lipinski definition) is 1. The average Bonchev–Trinajstić information content (AvgIpc) is 3.17. The minimum atomic E-state index is -0.390. The molecule has 0 radical (unpaired) electrons. The number of rotatable bonds is 2. The summed E-state index contributed by atoms with van der Waals surface area (Å²) in [6, 6.07) is 4.95. The fourth-order valence-corrected chi connectivity index (χ4v) is 1.81. The molecule has 4 heteroatoms. The van der Waals surface area contributed by atoms with Crippen LogP contribution in [-0.4, -0.2) is 10.9 Å². The minimum absolute atomic E-state index is 0.0718. The van der Waals surface area contributed by atoms with Gasteiger partial charge in [-0.1, -0.05) is 6.07 Å². The number of anilines is 1. The van der Waals surface area contributed by atoms with Crippen LogP contribution in [0.25, 0.3) is 10.8 Å². The number of carbonyl (C=O) groups excluding carboxylic acids is 1. The lowest BCUT2D eigenvalue weighted by Crippen LogP contribution is -2.14. The lowest BCUT2D eigenvalue weighted by molar-refractivity contribution is -0.117. The predicted molar refractivity (Wildman–Crippen MR) is 63.1 cm³/mol. The summed E-state index contributed by atoms with van der Waals surface area (Å²) in [7, 11) is 0. The number of amides is 1. The van der Waals surface area contributed by atoms with E-state index in [0.717, 1.165) is 18.2 Å². The van der Waals surface area contributed by atoms with Crippen LogP contribution in [0.5, 0.6) is 0 Å². The van der Waals surface area contributed by atoms with Crippen molar-refractivity contribution >= 4 is 22.4 Å². The van der Waals surface area contributed by atoms with Crippen molar-refractivity contribution in [2.45, 2.75) is 12.8 Å². The Labute approximate surface area is 97.7 Å². The fraction of sp³-hybridized carbons (Fsp3) is 0.231. The lowest BCUT2D eigenvalue weighted by atomic mass is 10.1. The first-order valence-electron chi connectivity index (χ1n) is 5.59. The van der Waals surface area contributed by atoms with E-state index in [1.807, 2.05) is 0 Å². The standard InChI is InChI=1S/C13H11FN2O/c14-12-10-5-6-15-7-9(10)3-4-11(12)16-13(17)8-1-2-8/h3-8H,1-2H2,(H,16,17). The number of pyridine rings is 1. The van der Waals surface area contributed by atoms with Crippen LogP contribution < -0.4 is 5.32 Å². The van der Waals surface area contributed by atoms with E-state index in [0.29, 0.717) is 5.39 Å². The van der Waals surface area contributed by atoms with Crippen molar-refractivity contribution in [3.05, 3.63) is 36.4 Å². The number of fused-ring (bicyclic) bond motifs is 1. The van der Waals surface area contributed by atoms with Gasteiger partial charge in [-0.15, -0.1) is 0 Å². The largest absolute Gasteiger partial charge is 0.323 e. The van der Waals surface area contributed by atoms with E-state index < -0.39 is 0 Å². The van der Waals surface area contributed by atoms with E-state index in [4.69, 9.17) is 0 Å². The van der Waals surface area contributed by atoms with Crippen molar-refractivity contribution in [3.63, 3.8) is 0 Å². The third-order valence-corrected chi connectivity index (χ3v) is 2.96. The van der Waals surface area contributed by atoms with E-state index in [1.165, 1.54) is 6.20 Å². The van der Waals surface area contributed by atoms with Crippen LogP contribution in [0.4, 0.5) is 10.1 Å². The van der Waals surface area contributed by atoms with Gasteiger partial charge in [0.25, 0.3) is 0 Å². The topological polar surface area (TPSA) is 42.0 Å². The first-order chi connectivity index (χ1) is 8.25. The van der Waals surface area contributed by atoms with Crippen LogP contribution in [0.1, 0.15) is 12.8 Å². The number of nitrogens with one attached hydrogen (secondary N) is 1. The van der Waals surface area contributed by atoms with Crippen molar-refractivity contribution in [3.8, 4) is 0 Å². The summed E-state index contributed by atoms with van der Waals surface area (Å²) in [4.78, 5) is 15.5. The summed E-state index contributed by atoms with van der Waals surface area (Å²) in [5.74, 6) is -0.404. The zero-order valence-corrected chi connectivity index (χ0v) is 9.11. The Morgan fingerprint density at radius 1 is 1.35 bits per heavy atom. The molecule has 0 atom stereocenters. The number of benzene rings is 1. The Balaban J connectivity index is 1.99. The number of halogens is 1. The summed E-state index contributed by atoms with van der Waals surface area (Å²) in [6.07, 6.45) is 4.96. The third kappa shape index (κ3) is 1.86. The molecule has 86 valence electrons. The third-order valence-electron chi connectivity index (χ3n) is 2.96. The van der Waals surface area contributed by atoms with Gasteiger partial charge in [-0.2, -0.15) is 0 Å². The number of carbonyl (C=O) groups is 1. The molecule has 1 fully saturated rings. The van der Waals surface area contributed by atoms with Crippen molar-refractivity contribution in [1.82, 2.24) is 4.98 Å². The van der Waals surface area contributed by atoms with Gasteiger partial charge < -0.3 is 5.32 Å². The maximum Gasteiger partial charge on any atom is 0.227 e. The summed E-state index contributed by atoms with van der Waals surface area (Å²) in [6.45, 7) is 0. The molecule has 3 rings (SSSR count). The Morgan fingerprint density at radius 3 is 2.94 bits per heavy atom. The average molecular weight is 230 g/mol. The van der Waals surface area contributed by atoms with Crippen LogP contribution in [0.15, 0.2) is 30.6 Å². The van der Waals surface area contributed by atoms with Gasteiger partial charge in [-0.05, 0) is 25.0 Å². The number of aromatic nitrogens is 1. The summed E-state index contributed by atoms with van der Waals surface area (Å²) in [5.41, 5.74) is 0.251. The molecule has 1 aromatic heterocycles. The molecule has 1 saturated carbocycles. The van der Waals surface area contributed by atoms with E-state index in [-0.39, 0.29) is 23.3 Å². The molecule has 1 aliphatic carbocycles. The zero-order chi connectivity index (χ0) is 11.8. The predicted octanol–water partition coefficient (Wildman–Crippen LogP) is 2.72. The summed E-state index contributed by atoms with van der Waals surface area (Å²) in [5, 5.41) is 3.84. The Hall–Kier alpha value is -1.97. The maximum atomic E-state index is 14.1. The first kappa shape index (κ1) is 10.2. The maximum absolute atomic E-state index is 14.1. The molecule has 1 N–H and O–H groups in total. The molecule has 1 aromatic carbocycles.